The standard InChI is InChI=1S/C55H106O17P2/c1-6-10-13-16-18-20-21-22-24-31-36-41-55(60)72-51(45-66-53(58)39-34-29-26-25-28-32-37-48(5)9-4)47-70-74(63,64)68-43-49(56)42-67-73(61,62)69-46-50(44-65-52(57)38-33-27-15-12-8-3)71-54(59)40-35-30-23-19-17-14-11-7-2/h48-51,56H,6-47H2,1-5H3,(H,61,62)(H,63,64)/t48?,49-,50+,51+/m0/s1. The van der Waals surface area contributed by atoms with E-state index in [1.54, 1.807) is 0 Å². The molecule has 6 atom stereocenters. The Morgan fingerprint density at radius 3 is 0.959 bits per heavy atom. The Morgan fingerprint density at radius 2 is 0.649 bits per heavy atom. The van der Waals surface area contributed by atoms with Crippen LogP contribution in [0.1, 0.15) is 266 Å². The molecule has 0 amide bonds. The van der Waals surface area contributed by atoms with Crippen LogP contribution in [0.25, 0.3) is 0 Å². The zero-order valence-electron chi connectivity index (χ0n) is 47.0. The maximum absolute atomic E-state index is 12.9. The lowest BCUT2D eigenvalue weighted by atomic mass is 10.00. The molecule has 0 aromatic heterocycles. The van der Waals surface area contributed by atoms with Crippen molar-refractivity contribution in [2.45, 2.75) is 284 Å². The van der Waals surface area contributed by atoms with E-state index in [4.69, 9.17) is 37.0 Å². The van der Waals surface area contributed by atoms with Gasteiger partial charge in [-0.05, 0) is 31.6 Å². The second-order valence-electron chi connectivity index (χ2n) is 20.2. The first-order chi connectivity index (χ1) is 35.6. The summed E-state index contributed by atoms with van der Waals surface area (Å²) in [6.07, 6.45) is 29.7. The highest BCUT2D eigenvalue weighted by molar-refractivity contribution is 7.47. The highest BCUT2D eigenvalue weighted by atomic mass is 31.2. The Morgan fingerprint density at radius 1 is 0.378 bits per heavy atom. The molecule has 0 aromatic rings. The first-order valence-corrected chi connectivity index (χ1v) is 32.2. The van der Waals surface area contributed by atoms with Crippen LogP contribution >= 0.6 is 15.6 Å². The van der Waals surface area contributed by atoms with Crippen molar-refractivity contribution in [2.24, 2.45) is 5.92 Å². The average Bonchev–Trinajstić information content (AvgIpc) is 3.37. The molecule has 19 heteroatoms. The van der Waals surface area contributed by atoms with Crippen molar-refractivity contribution in [1.82, 2.24) is 0 Å². The van der Waals surface area contributed by atoms with Crippen LogP contribution < -0.4 is 0 Å². The van der Waals surface area contributed by atoms with Gasteiger partial charge >= 0.3 is 39.5 Å². The van der Waals surface area contributed by atoms with E-state index >= 15 is 0 Å². The van der Waals surface area contributed by atoms with Gasteiger partial charge in [-0.3, -0.25) is 37.3 Å². The van der Waals surface area contributed by atoms with Crippen LogP contribution in [0.15, 0.2) is 0 Å². The van der Waals surface area contributed by atoms with Crippen molar-refractivity contribution in [3.63, 3.8) is 0 Å². The lowest BCUT2D eigenvalue weighted by molar-refractivity contribution is -0.161. The number of ether oxygens (including phenoxy) is 4. The molecule has 0 saturated heterocycles. The Balaban J connectivity index is 5.19. The van der Waals surface area contributed by atoms with E-state index in [1.807, 2.05) is 0 Å². The molecule has 17 nitrogen and oxygen atoms in total. The van der Waals surface area contributed by atoms with Crippen LogP contribution in [0.2, 0.25) is 0 Å². The van der Waals surface area contributed by atoms with E-state index in [2.05, 4.69) is 34.6 Å². The summed E-state index contributed by atoms with van der Waals surface area (Å²) in [5.74, 6) is -1.43. The third-order valence-corrected chi connectivity index (χ3v) is 14.8. The summed E-state index contributed by atoms with van der Waals surface area (Å²) in [7, 11) is -9.85. The summed E-state index contributed by atoms with van der Waals surface area (Å²) in [5.41, 5.74) is 0. The lowest BCUT2D eigenvalue weighted by Gasteiger charge is -2.21. The smallest absolute Gasteiger partial charge is 0.462 e. The normalized spacial score (nSPS) is 14.9. The Labute approximate surface area is 447 Å². The number of hydrogen-bond acceptors (Lipinski definition) is 15. The third-order valence-electron chi connectivity index (χ3n) is 12.9. The fourth-order valence-corrected chi connectivity index (χ4v) is 9.54. The van der Waals surface area contributed by atoms with Crippen LogP contribution in [0.5, 0.6) is 0 Å². The number of esters is 4. The van der Waals surface area contributed by atoms with Crippen molar-refractivity contribution in [2.75, 3.05) is 39.6 Å². The van der Waals surface area contributed by atoms with Crippen molar-refractivity contribution >= 4 is 39.5 Å². The predicted octanol–water partition coefficient (Wildman–Crippen LogP) is 14.3. The number of carbonyl (C=O) groups excluding carboxylic acids is 4. The summed E-state index contributed by atoms with van der Waals surface area (Å²) in [6.45, 7) is 6.96. The maximum atomic E-state index is 12.9. The molecule has 3 unspecified atom stereocenters. The predicted molar refractivity (Wildman–Crippen MR) is 289 cm³/mol. The van der Waals surface area contributed by atoms with Gasteiger partial charge in [-0.25, -0.2) is 9.13 Å². The van der Waals surface area contributed by atoms with Gasteiger partial charge in [0.15, 0.2) is 12.2 Å². The number of unbranched alkanes of at least 4 members (excludes halogenated alkanes) is 26. The molecule has 0 fully saturated rings. The van der Waals surface area contributed by atoms with E-state index in [0.29, 0.717) is 25.7 Å². The molecule has 0 heterocycles. The summed E-state index contributed by atoms with van der Waals surface area (Å²) in [4.78, 5) is 71.4. The number of hydrogen-bond donors (Lipinski definition) is 3. The zero-order valence-corrected chi connectivity index (χ0v) is 48.7. The maximum Gasteiger partial charge on any atom is 0.472 e. The van der Waals surface area contributed by atoms with E-state index in [1.165, 1.54) is 70.6 Å². The van der Waals surface area contributed by atoms with Gasteiger partial charge in [0, 0.05) is 25.7 Å². The molecule has 0 saturated carbocycles. The molecule has 0 aliphatic carbocycles. The minimum atomic E-state index is -4.93. The van der Waals surface area contributed by atoms with Crippen molar-refractivity contribution in [3.8, 4) is 0 Å². The Hall–Kier alpha value is -1.94. The lowest BCUT2D eigenvalue weighted by Crippen LogP contribution is -2.30. The molecule has 0 aliphatic heterocycles. The number of aliphatic hydroxyl groups is 1. The monoisotopic (exact) mass is 1100 g/mol. The van der Waals surface area contributed by atoms with E-state index in [0.717, 1.165) is 115 Å². The second-order valence-corrected chi connectivity index (χ2v) is 23.1. The van der Waals surface area contributed by atoms with Crippen LogP contribution in [0.3, 0.4) is 0 Å². The van der Waals surface area contributed by atoms with Gasteiger partial charge in [0.2, 0.25) is 0 Å². The van der Waals surface area contributed by atoms with Gasteiger partial charge in [0.25, 0.3) is 0 Å². The molecule has 0 bridgehead atoms. The van der Waals surface area contributed by atoms with Gasteiger partial charge in [-0.15, -0.1) is 0 Å². The van der Waals surface area contributed by atoms with Crippen molar-refractivity contribution in [3.05, 3.63) is 0 Å². The van der Waals surface area contributed by atoms with Gasteiger partial charge in [-0.2, -0.15) is 0 Å². The zero-order chi connectivity index (χ0) is 55.0. The van der Waals surface area contributed by atoms with E-state index < -0.39 is 97.5 Å². The SMILES string of the molecule is CCCCCCCCCCCCCC(=O)O[C@H](COC(=O)CCCCCCCCC(C)CC)COP(=O)(O)OC[C@@H](O)COP(=O)(O)OC[C@@H](COC(=O)CCCCCCC)OC(=O)CCCCCCCCCC. The van der Waals surface area contributed by atoms with E-state index in [9.17, 15) is 43.2 Å². The van der Waals surface area contributed by atoms with Gasteiger partial charge in [0.05, 0.1) is 26.4 Å². The molecule has 0 spiro atoms. The van der Waals surface area contributed by atoms with Crippen molar-refractivity contribution < 1.29 is 80.2 Å². The van der Waals surface area contributed by atoms with Crippen LogP contribution in [0.4, 0.5) is 0 Å². The highest BCUT2D eigenvalue weighted by Gasteiger charge is 2.30. The average molecular weight is 1100 g/mol. The minimum Gasteiger partial charge on any atom is -0.462 e. The molecule has 3 N–H and O–H groups in total. The molecular weight excluding hydrogens is 995 g/mol. The quantitative estimate of drug-likeness (QED) is 0.0222. The van der Waals surface area contributed by atoms with Gasteiger partial charge in [-0.1, -0.05) is 214 Å². The highest BCUT2D eigenvalue weighted by Crippen LogP contribution is 2.45. The number of rotatable bonds is 55. The van der Waals surface area contributed by atoms with Crippen LogP contribution in [-0.2, 0) is 65.4 Å². The largest absolute Gasteiger partial charge is 0.472 e. The molecule has 438 valence electrons. The fraction of sp³-hybridized carbons (Fsp3) is 0.927. The van der Waals surface area contributed by atoms with Crippen molar-refractivity contribution in [1.29, 1.82) is 0 Å². The van der Waals surface area contributed by atoms with Crippen LogP contribution in [-0.4, -0.2) is 96.7 Å². The molecule has 0 aliphatic rings. The number of phosphoric acid groups is 2. The number of phosphoric ester groups is 2. The van der Waals surface area contributed by atoms with E-state index in [-0.39, 0.29) is 25.7 Å². The Kier molecular flexibility index (Phi) is 48.1. The Bertz CT molecular complexity index is 1470. The molecular formula is C55H106O17P2. The summed E-state index contributed by atoms with van der Waals surface area (Å²) in [5, 5.41) is 10.4. The summed E-state index contributed by atoms with van der Waals surface area (Å²) in [6, 6.07) is 0. The van der Waals surface area contributed by atoms with Gasteiger partial charge in [0.1, 0.15) is 19.3 Å². The molecule has 0 rings (SSSR count). The first-order valence-electron chi connectivity index (χ1n) is 29.2. The summed E-state index contributed by atoms with van der Waals surface area (Å²) >= 11 is 0. The molecule has 0 aromatic carbocycles. The number of carbonyl (C=O) groups is 4. The first kappa shape index (κ1) is 72.1. The third kappa shape index (κ3) is 48.4. The second kappa shape index (κ2) is 49.4. The van der Waals surface area contributed by atoms with Crippen LogP contribution in [0, 0.1) is 5.92 Å². The summed E-state index contributed by atoms with van der Waals surface area (Å²) < 4.78 is 67.3. The van der Waals surface area contributed by atoms with Gasteiger partial charge < -0.3 is 33.8 Å². The topological polar surface area (TPSA) is 237 Å². The fourth-order valence-electron chi connectivity index (χ4n) is 7.96. The molecule has 74 heavy (non-hydrogen) atoms. The minimum absolute atomic E-state index is 0.104. The molecule has 0 radical (unpaired) electrons. The number of aliphatic hydroxyl groups excluding tert-OH is 1.